The molecular formula is C14H20N4O2. The molecule has 2 unspecified atom stereocenters. The van der Waals surface area contributed by atoms with Crippen LogP contribution in [0.15, 0.2) is 12.3 Å². The van der Waals surface area contributed by atoms with E-state index in [4.69, 9.17) is 0 Å². The van der Waals surface area contributed by atoms with Gasteiger partial charge in [-0.15, -0.1) is 0 Å². The van der Waals surface area contributed by atoms with Crippen LogP contribution in [0.1, 0.15) is 31.2 Å². The highest BCUT2D eigenvalue weighted by molar-refractivity contribution is 5.62. The van der Waals surface area contributed by atoms with E-state index >= 15 is 0 Å². The molecule has 1 N–H and O–H groups in total. The summed E-state index contributed by atoms with van der Waals surface area (Å²) >= 11 is 0. The summed E-state index contributed by atoms with van der Waals surface area (Å²) in [6.45, 7) is 3.70. The molecule has 0 spiro atoms. The van der Waals surface area contributed by atoms with E-state index < -0.39 is 0 Å². The number of hydrogen-bond acceptors (Lipinski definition) is 5. The van der Waals surface area contributed by atoms with Crippen molar-refractivity contribution in [2.24, 2.45) is 0 Å². The van der Waals surface area contributed by atoms with Crippen LogP contribution in [0.25, 0.3) is 0 Å². The van der Waals surface area contributed by atoms with E-state index in [1.165, 1.54) is 6.42 Å². The highest BCUT2D eigenvalue weighted by atomic mass is 16.6. The molecule has 0 aliphatic carbocycles. The van der Waals surface area contributed by atoms with Crippen molar-refractivity contribution in [3.8, 4) is 0 Å². The van der Waals surface area contributed by atoms with Crippen LogP contribution in [0.2, 0.25) is 0 Å². The number of nitrogens with one attached hydrogen (secondary N) is 1. The summed E-state index contributed by atoms with van der Waals surface area (Å²) in [6.07, 6.45) is 6.19. The molecule has 6 nitrogen and oxygen atoms in total. The smallest absolute Gasteiger partial charge is 0.314 e. The Labute approximate surface area is 118 Å². The third-order valence-corrected chi connectivity index (χ3v) is 4.42. The number of hydrogen-bond donors (Lipinski definition) is 1. The standard InChI is InChI=1S/C14H20N4O2/c1-10-6-8-16-14(13(10)18(19)20)17-9-3-5-12(17)11-4-2-7-15-11/h6,8,11-12,15H,2-5,7,9H2,1H3. The lowest BCUT2D eigenvalue weighted by atomic mass is 10.0. The molecule has 2 atom stereocenters. The second-order valence-electron chi connectivity index (χ2n) is 5.66. The number of nitro groups is 1. The van der Waals surface area contributed by atoms with E-state index in [1.807, 2.05) is 0 Å². The van der Waals surface area contributed by atoms with Gasteiger partial charge in [-0.1, -0.05) is 0 Å². The first-order valence-corrected chi connectivity index (χ1v) is 7.28. The SMILES string of the molecule is Cc1ccnc(N2CCCC2C2CCCN2)c1[N+](=O)[O-]. The Morgan fingerprint density at radius 3 is 3.00 bits per heavy atom. The van der Waals surface area contributed by atoms with E-state index in [2.05, 4.69) is 15.2 Å². The summed E-state index contributed by atoms with van der Waals surface area (Å²) in [7, 11) is 0. The summed E-state index contributed by atoms with van der Waals surface area (Å²) in [6, 6.07) is 2.49. The van der Waals surface area contributed by atoms with Crippen molar-refractivity contribution in [3.63, 3.8) is 0 Å². The molecule has 0 amide bonds. The van der Waals surface area contributed by atoms with Crippen LogP contribution in [0.4, 0.5) is 11.5 Å². The van der Waals surface area contributed by atoms with Crippen molar-refractivity contribution >= 4 is 11.5 Å². The van der Waals surface area contributed by atoms with Crippen molar-refractivity contribution in [1.82, 2.24) is 10.3 Å². The van der Waals surface area contributed by atoms with Crippen LogP contribution in [-0.4, -0.2) is 35.1 Å². The highest BCUT2D eigenvalue weighted by Gasteiger charge is 2.37. The highest BCUT2D eigenvalue weighted by Crippen LogP contribution is 2.35. The molecule has 3 rings (SSSR count). The van der Waals surface area contributed by atoms with Crippen LogP contribution < -0.4 is 10.2 Å². The van der Waals surface area contributed by atoms with Crippen LogP contribution in [-0.2, 0) is 0 Å². The maximum Gasteiger partial charge on any atom is 0.314 e. The first-order chi connectivity index (χ1) is 9.68. The van der Waals surface area contributed by atoms with Crippen LogP contribution in [0.5, 0.6) is 0 Å². The predicted octanol–water partition coefficient (Wildman–Crippen LogP) is 2.02. The van der Waals surface area contributed by atoms with Crippen molar-refractivity contribution in [2.75, 3.05) is 18.0 Å². The monoisotopic (exact) mass is 276 g/mol. The van der Waals surface area contributed by atoms with Crippen LogP contribution >= 0.6 is 0 Å². The largest absolute Gasteiger partial charge is 0.346 e. The fraction of sp³-hybridized carbons (Fsp3) is 0.643. The number of pyridine rings is 1. The van der Waals surface area contributed by atoms with Crippen molar-refractivity contribution in [3.05, 3.63) is 27.9 Å². The van der Waals surface area contributed by atoms with Gasteiger partial charge in [0.15, 0.2) is 0 Å². The quantitative estimate of drug-likeness (QED) is 0.675. The molecule has 2 saturated heterocycles. The Kier molecular flexibility index (Phi) is 3.56. The van der Waals surface area contributed by atoms with Gasteiger partial charge in [-0.3, -0.25) is 10.1 Å². The zero-order chi connectivity index (χ0) is 14.1. The molecular weight excluding hydrogens is 256 g/mol. The van der Waals surface area contributed by atoms with Gasteiger partial charge in [0.2, 0.25) is 5.82 Å². The fourth-order valence-electron chi connectivity index (χ4n) is 3.49. The number of aromatic nitrogens is 1. The van der Waals surface area contributed by atoms with E-state index in [0.29, 0.717) is 23.5 Å². The van der Waals surface area contributed by atoms with Gasteiger partial charge in [0.25, 0.3) is 0 Å². The molecule has 20 heavy (non-hydrogen) atoms. The normalized spacial score (nSPS) is 26.1. The maximum absolute atomic E-state index is 11.4. The number of anilines is 1. The third-order valence-electron chi connectivity index (χ3n) is 4.42. The molecule has 1 aromatic rings. The van der Waals surface area contributed by atoms with Gasteiger partial charge < -0.3 is 10.2 Å². The van der Waals surface area contributed by atoms with Crippen molar-refractivity contribution in [2.45, 2.75) is 44.7 Å². The minimum absolute atomic E-state index is 0.164. The molecule has 6 heteroatoms. The molecule has 2 aliphatic rings. The van der Waals surface area contributed by atoms with Gasteiger partial charge in [-0.2, -0.15) is 0 Å². The predicted molar refractivity (Wildman–Crippen MR) is 77.0 cm³/mol. The lowest BCUT2D eigenvalue weighted by Crippen LogP contribution is -2.44. The molecule has 1 aromatic heterocycles. The Balaban J connectivity index is 1.95. The summed E-state index contributed by atoms with van der Waals surface area (Å²) in [5.41, 5.74) is 0.849. The first kappa shape index (κ1) is 13.3. The molecule has 0 saturated carbocycles. The zero-order valence-electron chi connectivity index (χ0n) is 11.7. The Morgan fingerprint density at radius 2 is 2.30 bits per heavy atom. The van der Waals surface area contributed by atoms with Gasteiger partial charge in [-0.05, 0) is 45.2 Å². The van der Waals surface area contributed by atoms with Gasteiger partial charge in [0.05, 0.1) is 4.92 Å². The molecule has 3 heterocycles. The van der Waals surface area contributed by atoms with Crippen molar-refractivity contribution < 1.29 is 4.92 Å². The molecule has 2 aliphatic heterocycles. The first-order valence-electron chi connectivity index (χ1n) is 7.28. The van der Waals surface area contributed by atoms with E-state index in [1.54, 1.807) is 19.2 Å². The Bertz CT molecular complexity index is 514. The fourth-order valence-corrected chi connectivity index (χ4v) is 3.49. The third kappa shape index (κ3) is 2.24. The maximum atomic E-state index is 11.4. The topological polar surface area (TPSA) is 71.3 Å². The zero-order valence-corrected chi connectivity index (χ0v) is 11.7. The van der Waals surface area contributed by atoms with Crippen LogP contribution in [0.3, 0.4) is 0 Å². The summed E-state index contributed by atoms with van der Waals surface area (Å²) in [5, 5.41) is 14.9. The summed E-state index contributed by atoms with van der Waals surface area (Å²) in [5.74, 6) is 0.547. The van der Waals surface area contributed by atoms with Gasteiger partial charge >= 0.3 is 5.69 Å². The summed E-state index contributed by atoms with van der Waals surface area (Å²) in [4.78, 5) is 17.5. The molecule has 0 radical (unpaired) electrons. The minimum atomic E-state index is -0.297. The Hall–Kier alpha value is -1.69. The molecule has 2 fully saturated rings. The number of rotatable bonds is 3. The van der Waals surface area contributed by atoms with E-state index in [0.717, 1.165) is 32.4 Å². The average molecular weight is 276 g/mol. The second-order valence-corrected chi connectivity index (χ2v) is 5.66. The average Bonchev–Trinajstić information content (AvgIpc) is 3.08. The minimum Gasteiger partial charge on any atom is -0.346 e. The lowest BCUT2D eigenvalue weighted by molar-refractivity contribution is -0.384. The van der Waals surface area contributed by atoms with Gasteiger partial charge in [-0.25, -0.2) is 4.98 Å². The van der Waals surface area contributed by atoms with Crippen molar-refractivity contribution in [1.29, 1.82) is 0 Å². The van der Waals surface area contributed by atoms with Gasteiger partial charge in [0.1, 0.15) is 0 Å². The molecule has 108 valence electrons. The summed E-state index contributed by atoms with van der Waals surface area (Å²) < 4.78 is 0. The number of aryl methyl sites for hydroxylation is 1. The molecule has 0 aromatic carbocycles. The van der Waals surface area contributed by atoms with E-state index in [9.17, 15) is 10.1 Å². The lowest BCUT2D eigenvalue weighted by Gasteiger charge is -2.30. The number of nitrogens with zero attached hydrogens (tertiary/aromatic N) is 3. The van der Waals surface area contributed by atoms with E-state index in [-0.39, 0.29) is 10.6 Å². The van der Waals surface area contributed by atoms with Crippen LogP contribution in [0, 0.1) is 17.0 Å². The second kappa shape index (κ2) is 5.36. The van der Waals surface area contributed by atoms with Gasteiger partial charge in [0, 0.05) is 30.4 Å². The Morgan fingerprint density at radius 1 is 1.45 bits per heavy atom. The molecule has 0 bridgehead atoms.